The summed E-state index contributed by atoms with van der Waals surface area (Å²) < 4.78 is 5.56. The van der Waals surface area contributed by atoms with Crippen molar-refractivity contribution in [3.05, 3.63) is 21.9 Å². The van der Waals surface area contributed by atoms with E-state index < -0.39 is 0 Å². The van der Waals surface area contributed by atoms with E-state index in [4.69, 9.17) is 4.74 Å². The maximum atomic E-state index is 5.56. The number of hydrogen-bond donors (Lipinski definition) is 1. The van der Waals surface area contributed by atoms with Crippen molar-refractivity contribution >= 4 is 11.3 Å². The molecule has 0 atom stereocenters. The van der Waals surface area contributed by atoms with E-state index in [2.05, 4.69) is 37.5 Å². The number of hydrogen-bond acceptors (Lipinski definition) is 3. The van der Waals surface area contributed by atoms with Crippen LogP contribution in [-0.2, 0) is 17.7 Å². The monoisotopic (exact) mass is 255 g/mol. The van der Waals surface area contributed by atoms with E-state index in [1.165, 1.54) is 10.4 Å². The Labute approximate surface area is 109 Å². The maximum Gasteiger partial charge on any atom is 0.0591 e. The van der Waals surface area contributed by atoms with E-state index in [0.29, 0.717) is 0 Å². The second-order valence-corrected chi connectivity index (χ2v) is 5.69. The van der Waals surface area contributed by atoms with Crippen LogP contribution in [0.15, 0.2) is 11.4 Å². The normalized spacial score (nSPS) is 11.3. The first-order valence-corrected chi connectivity index (χ1v) is 7.45. The average molecular weight is 255 g/mol. The van der Waals surface area contributed by atoms with Gasteiger partial charge in [0.15, 0.2) is 0 Å². The average Bonchev–Trinajstić information content (AvgIpc) is 2.74. The molecule has 0 amide bonds. The van der Waals surface area contributed by atoms with Crippen LogP contribution in [0, 0.1) is 5.92 Å². The standard InChI is InChI=1S/C14H25NOS/c1-4-13-6-10-17-14(13)11-15-7-9-16-8-5-12(2)3/h6,10,12,15H,4-5,7-9,11H2,1-3H3. The van der Waals surface area contributed by atoms with E-state index in [1.54, 1.807) is 0 Å². The summed E-state index contributed by atoms with van der Waals surface area (Å²) in [5.41, 5.74) is 1.48. The highest BCUT2D eigenvalue weighted by Crippen LogP contribution is 2.16. The van der Waals surface area contributed by atoms with Gasteiger partial charge in [-0.15, -0.1) is 11.3 Å². The first-order chi connectivity index (χ1) is 8.24. The molecule has 17 heavy (non-hydrogen) atoms. The highest BCUT2D eigenvalue weighted by molar-refractivity contribution is 7.10. The molecule has 0 spiro atoms. The molecular weight excluding hydrogens is 230 g/mol. The molecule has 0 radical (unpaired) electrons. The molecule has 1 heterocycles. The number of rotatable bonds is 9. The van der Waals surface area contributed by atoms with Gasteiger partial charge in [0, 0.05) is 24.6 Å². The fourth-order valence-corrected chi connectivity index (χ4v) is 2.55. The van der Waals surface area contributed by atoms with Crippen molar-refractivity contribution in [1.29, 1.82) is 0 Å². The minimum Gasteiger partial charge on any atom is -0.380 e. The predicted octanol–water partition coefficient (Wildman–Crippen LogP) is 3.46. The number of thiophene rings is 1. The van der Waals surface area contributed by atoms with Gasteiger partial charge in [-0.1, -0.05) is 20.8 Å². The highest BCUT2D eigenvalue weighted by Gasteiger charge is 2.01. The largest absolute Gasteiger partial charge is 0.380 e. The second-order valence-electron chi connectivity index (χ2n) is 4.69. The summed E-state index contributed by atoms with van der Waals surface area (Å²) >= 11 is 1.84. The van der Waals surface area contributed by atoms with Gasteiger partial charge in [0.1, 0.15) is 0 Å². The number of ether oxygens (including phenoxy) is 1. The van der Waals surface area contributed by atoms with E-state index in [1.807, 2.05) is 11.3 Å². The predicted molar refractivity (Wildman–Crippen MR) is 75.7 cm³/mol. The Kier molecular flexibility index (Phi) is 7.49. The second kappa shape index (κ2) is 8.67. The van der Waals surface area contributed by atoms with Crippen LogP contribution in [0.25, 0.3) is 0 Å². The van der Waals surface area contributed by atoms with Gasteiger partial charge in [-0.25, -0.2) is 0 Å². The lowest BCUT2D eigenvalue weighted by atomic mass is 10.1. The highest BCUT2D eigenvalue weighted by atomic mass is 32.1. The van der Waals surface area contributed by atoms with E-state index in [9.17, 15) is 0 Å². The molecule has 0 aromatic carbocycles. The summed E-state index contributed by atoms with van der Waals surface area (Å²) in [6.07, 6.45) is 2.29. The molecule has 0 bridgehead atoms. The van der Waals surface area contributed by atoms with Crippen LogP contribution in [0.2, 0.25) is 0 Å². The Morgan fingerprint density at radius 2 is 2.18 bits per heavy atom. The molecule has 1 aromatic rings. The van der Waals surface area contributed by atoms with Crippen LogP contribution in [0.5, 0.6) is 0 Å². The molecule has 98 valence electrons. The minimum atomic E-state index is 0.737. The van der Waals surface area contributed by atoms with Gasteiger partial charge in [0.25, 0.3) is 0 Å². The molecule has 0 unspecified atom stereocenters. The summed E-state index contributed by atoms with van der Waals surface area (Å²) in [7, 11) is 0. The number of nitrogens with one attached hydrogen (secondary N) is 1. The molecule has 0 aliphatic heterocycles. The zero-order valence-electron chi connectivity index (χ0n) is 11.3. The van der Waals surface area contributed by atoms with Crippen molar-refractivity contribution in [2.24, 2.45) is 5.92 Å². The third kappa shape index (κ3) is 6.20. The Morgan fingerprint density at radius 3 is 2.88 bits per heavy atom. The molecule has 1 N–H and O–H groups in total. The van der Waals surface area contributed by atoms with Crippen LogP contribution in [0.1, 0.15) is 37.6 Å². The molecule has 0 aliphatic carbocycles. The van der Waals surface area contributed by atoms with E-state index in [-0.39, 0.29) is 0 Å². The third-order valence-corrected chi connectivity index (χ3v) is 3.73. The Bertz CT molecular complexity index is 296. The van der Waals surface area contributed by atoms with Gasteiger partial charge in [0.2, 0.25) is 0 Å². The molecule has 3 heteroatoms. The maximum absolute atomic E-state index is 5.56. The molecule has 0 aliphatic rings. The van der Waals surface area contributed by atoms with Crippen LogP contribution >= 0.6 is 11.3 Å². The zero-order valence-corrected chi connectivity index (χ0v) is 12.1. The summed E-state index contributed by atoms with van der Waals surface area (Å²) in [6.45, 7) is 10.3. The fraction of sp³-hybridized carbons (Fsp3) is 0.714. The molecule has 2 nitrogen and oxygen atoms in total. The number of aryl methyl sites for hydroxylation is 1. The zero-order chi connectivity index (χ0) is 12.5. The van der Waals surface area contributed by atoms with Crippen molar-refractivity contribution in [3.63, 3.8) is 0 Å². The van der Waals surface area contributed by atoms with Gasteiger partial charge in [-0.3, -0.25) is 0 Å². The third-order valence-electron chi connectivity index (χ3n) is 2.77. The van der Waals surface area contributed by atoms with Crippen molar-refractivity contribution in [1.82, 2.24) is 5.32 Å². The molecule has 0 saturated carbocycles. The van der Waals surface area contributed by atoms with Crippen LogP contribution in [-0.4, -0.2) is 19.8 Å². The smallest absolute Gasteiger partial charge is 0.0591 e. The topological polar surface area (TPSA) is 21.3 Å². The van der Waals surface area contributed by atoms with Gasteiger partial charge in [-0.05, 0) is 35.8 Å². The lowest BCUT2D eigenvalue weighted by Crippen LogP contribution is -2.19. The Hall–Kier alpha value is -0.380. The molecular formula is C14H25NOS. The van der Waals surface area contributed by atoms with Crippen LogP contribution in [0.3, 0.4) is 0 Å². The molecule has 1 rings (SSSR count). The van der Waals surface area contributed by atoms with Gasteiger partial charge in [-0.2, -0.15) is 0 Å². The van der Waals surface area contributed by atoms with Crippen LogP contribution in [0.4, 0.5) is 0 Å². The lowest BCUT2D eigenvalue weighted by Gasteiger charge is -2.07. The lowest BCUT2D eigenvalue weighted by molar-refractivity contribution is 0.125. The van der Waals surface area contributed by atoms with Crippen molar-refractivity contribution in [2.75, 3.05) is 19.8 Å². The van der Waals surface area contributed by atoms with Crippen molar-refractivity contribution in [3.8, 4) is 0 Å². The van der Waals surface area contributed by atoms with Gasteiger partial charge >= 0.3 is 0 Å². The van der Waals surface area contributed by atoms with Crippen LogP contribution < -0.4 is 5.32 Å². The van der Waals surface area contributed by atoms with Crippen molar-refractivity contribution < 1.29 is 4.74 Å². The first kappa shape index (κ1) is 14.7. The Morgan fingerprint density at radius 1 is 1.35 bits per heavy atom. The quantitative estimate of drug-likeness (QED) is 0.682. The van der Waals surface area contributed by atoms with E-state index >= 15 is 0 Å². The van der Waals surface area contributed by atoms with Gasteiger partial charge in [0.05, 0.1) is 6.61 Å². The summed E-state index contributed by atoms with van der Waals surface area (Å²) in [4.78, 5) is 1.47. The molecule has 1 aromatic heterocycles. The van der Waals surface area contributed by atoms with E-state index in [0.717, 1.165) is 45.1 Å². The summed E-state index contributed by atoms with van der Waals surface area (Å²) in [5.74, 6) is 0.737. The summed E-state index contributed by atoms with van der Waals surface area (Å²) in [5, 5.41) is 5.61. The minimum absolute atomic E-state index is 0.737. The summed E-state index contributed by atoms with van der Waals surface area (Å²) in [6, 6.07) is 2.22. The van der Waals surface area contributed by atoms with Gasteiger partial charge < -0.3 is 10.1 Å². The first-order valence-electron chi connectivity index (χ1n) is 6.57. The molecule has 0 saturated heterocycles. The Balaban J connectivity index is 2.01. The SMILES string of the molecule is CCc1ccsc1CNCCOCCC(C)C. The molecule has 0 fully saturated rings. The fourth-order valence-electron chi connectivity index (χ4n) is 1.60. The van der Waals surface area contributed by atoms with Crippen molar-refractivity contribution in [2.45, 2.75) is 40.2 Å².